The van der Waals surface area contributed by atoms with E-state index in [4.69, 9.17) is 5.73 Å². The van der Waals surface area contributed by atoms with Gasteiger partial charge in [0.15, 0.2) is 0 Å². The van der Waals surface area contributed by atoms with Gasteiger partial charge in [-0.05, 0) is 25.0 Å². The van der Waals surface area contributed by atoms with E-state index >= 15 is 0 Å². The molecule has 1 aliphatic rings. The Labute approximate surface area is 130 Å². The lowest BCUT2D eigenvalue weighted by Gasteiger charge is -2.17. The molecular formula is C15H22N6O. The number of guanidine groups is 1. The molecule has 0 atom stereocenters. The highest BCUT2D eigenvalue weighted by Gasteiger charge is 2.32. The molecule has 1 saturated carbocycles. The number of nitrogens with one attached hydrogen (secondary N) is 1. The molecule has 1 aromatic rings. The second kappa shape index (κ2) is 7.02. The largest absolute Gasteiger partial charge is 0.368 e. The molecule has 1 heterocycles. The number of nitrogens with zero attached hydrogens (tertiary/aromatic N) is 4. The first-order valence-electron chi connectivity index (χ1n) is 7.35. The van der Waals surface area contributed by atoms with Crippen LogP contribution >= 0.6 is 0 Å². The Morgan fingerprint density at radius 3 is 2.73 bits per heavy atom. The maximum Gasteiger partial charge on any atom is 0.229 e. The average molecular weight is 302 g/mol. The maximum absolute atomic E-state index is 12.0. The Bertz CT molecular complexity index is 589. The topological polar surface area (TPSA) is 96.0 Å². The van der Waals surface area contributed by atoms with Crippen LogP contribution in [0.3, 0.4) is 0 Å². The summed E-state index contributed by atoms with van der Waals surface area (Å²) < 4.78 is 0. The molecule has 1 amide bonds. The summed E-state index contributed by atoms with van der Waals surface area (Å²) in [5.41, 5.74) is 6.38. The van der Waals surface area contributed by atoms with Crippen molar-refractivity contribution in [2.45, 2.75) is 26.2 Å². The first-order valence-corrected chi connectivity index (χ1v) is 7.35. The number of pyridine rings is 1. The molecule has 0 bridgehead atoms. The van der Waals surface area contributed by atoms with Crippen molar-refractivity contribution in [1.82, 2.24) is 4.98 Å². The number of rotatable bonds is 4. The predicted octanol–water partition coefficient (Wildman–Crippen LogP) is 1.62. The number of hydrogen-bond donors (Lipinski definition) is 2. The van der Waals surface area contributed by atoms with Crippen LogP contribution in [0, 0.1) is 5.92 Å². The Morgan fingerprint density at radius 1 is 1.50 bits per heavy atom. The molecular weight excluding hydrogens is 280 g/mol. The van der Waals surface area contributed by atoms with Crippen LogP contribution in [0.5, 0.6) is 0 Å². The molecule has 0 aromatic carbocycles. The summed E-state index contributed by atoms with van der Waals surface area (Å²) in [6.07, 6.45) is 4.34. The number of aliphatic imine (C=N–C) groups is 2. The van der Waals surface area contributed by atoms with Gasteiger partial charge in [0.05, 0.1) is 11.9 Å². The number of carbonyl (C=O) groups excluding carboxylic acids is 1. The van der Waals surface area contributed by atoms with Crippen LogP contribution in [0.1, 0.15) is 26.2 Å². The van der Waals surface area contributed by atoms with Gasteiger partial charge in [-0.25, -0.2) is 9.98 Å². The average Bonchev–Trinajstić information content (AvgIpc) is 3.38. The van der Waals surface area contributed by atoms with Gasteiger partial charge in [-0.2, -0.15) is 0 Å². The minimum Gasteiger partial charge on any atom is -0.368 e. The van der Waals surface area contributed by atoms with Gasteiger partial charge in [-0.3, -0.25) is 9.79 Å². The third kappa shape index (κ3) is 4.03. The van der Waals surface area contributed by atoms with Crippen molar-refractivity contribution in [2.24, 2.45) is 21.6 Å². The third-order valence-corrected chi connectivity index (χ3v) is 3.48. The van der Waals surface area contributed by atoms with Crippen molar-refractivity contribution in [3.8, 4) is 0 Å². The molecule has 0 radical (unpaired) electrons. The van der Waals surface area contributed by atoms with E-state index in [-0.39, 0.29) is 17.8 Å². The van der Waals surface area contributed by atoms with Crippen molar-refractivity contribution in [3.05, 3.63) is 18.3 Å². The molecule has 0 saturated heterocycles. The lowest BCUT2D eigenvalue weighted by molar-refractivity contribution is -0.119. The normalized spacial score (nSPS) is 15.6. The van der Waals surface area contributed by atoms with Crippen molar-refractivity contribution < 1.29 is 4.79 Å². The smallest absolute Gasteiger partial charge is 0.229 e. The molecule has 7 nitrogen and oxygen atoms in total. The van der Waals surface area contributed by atoms with Gasteiger partial charge in [-0.15, -0.1) is 0 Å². The Balaban J connectivity index is 2.05. The zero-order valence-electron chi connectivity index (χ0n) is 13.2. The van der Waals surface area contributed by atoms with E-state index in [9.17, 15) is 4.79 Å². The quantitative estimate of drug-likeness (QED) is 0.652. The molecule has 0 unspecified atom stereocenters. The second-order valence-corrected chi connectivity index (χ2v) is 5.19. The van der Waals surface area contributed by atoms with Crippen LogP contribution in [0.4, 0.5) is 11.5 Å². The fourth-order valence-electron chi connectivity index (χ4n) is 1.92. The van der Waals surface area contributed by atoms with E-state index in [0.717, 1.165) is 18.5 Å². The van der Waals surface area contributed by atoms with Gasteiger partial charge in [0, 0.05) is 26.4 Å². The first kappa shape index (κ1) is 15.9. The molecule has 118 valence electrons. The minimum atomic E-state index is 0.158. The summed E-state index contributed by atoms with van der Waals surface area (Å²) >= 11 is 0. The highest BCUT2D eigenvalue weighted by Crippen LogP contribution is 2.32. The number of amides is 1. The van der Waals surface area contributed by atoms with E-state index in [1.54, 1.807) is 25.2 Å². The number of hydrogen-bond acceptors (Lipinski definition) is 3. The summed E-state index contributed by atoms with van der Waals surface area (Å²) in [4.78, 5) is 25.9. The Hall–Kier alpha value is -2.44. The molecule has 0 aliphatic heterocycles. The fourth-order valence-corrected chi connectivity index (χ4v) is 1.92. The maximum atomic E-state index is 12.0. The summed E-state index contributed by atoms with van der Waals surface area (Å²) in [6.45, 7) is 1.96. The van der Waals surface area contributed by atoms with Crippen LogP contribution in [-0.4, -0.2) is 36.8 Å². The summed E-state index contributed by atoms with van der Waals surface area (Å²) in [5.74, 6) is 1.91. The zero-order valence-corrected chi connectivity index (χ0v) is 13.2. The van der Waals surface area contributed by atoms with E-state index in [1.165, 1.54) is 0 Å². The minimum absolute atomic E-state index is 0.158. The highest BCUT2D eigenvalue weighted by atomic mass is 16.2. The zero-order chi connectivity index (χ0) is 16.1. The second-order valence-electron chi connectivity index (χ2n) is 5.19. The highest BCUT2D eigenvalue weighted by molar-refractivity contribution is 6.02. The van der Waals surface area contributed by atoms with E-state index in [0.29, 0.717) is 18.1 Å². The van der Waals surface area contributed by atoms with Crippen LogP contribution < -0.4 is 16.0 Å². The Morgan fingerprint density at radius 2 is 2.23 bits per heavy atom. The molecule has 2 rings (SSSR count). The fraction of sp³-hybridized carbons (Fsp3) is 0.467. The SMILES string of the molecule is CC/C(=N/C(N)=NC)Nc1ccc(N(C)C(=O)C2CC2)cn1. The van der Waals surface area contributed by atoms with Gasteiger partial charge in [0.1, 0.15) is 11.7 Å². The monoisotopic (exact) mass is 302 g/mol. The molecule has 22 heavy (non-hydrogen) atoms. The van der Waals surface area contributed by atoms with Crippen molar-refractivity contribution in [1.29, 1.82) is 0 Å². The van der Waals surface area contributed by atoms with Crippen LogP contribution in [-0.2, 0) is 4.79 Å². The van der Waals surface area contributed by atoms with Gasteiger partial charge >= 0.3 is 0 Å². The number of aromatic nitrogens is 1. The van der Waals surface area contributed by atoms with E-state index in [2.05, 4.69) is 20.3 Å². The molecule has 1 aromatic heterocycles. The molecule has 3 N–H and O–H groups in total. The van der Waals surface area contributed by atoms with Gasteiger partial charge in [0.25, 0.3) is 0 Å². The number of nitrogens with two attached hydrogens (primary N) is 1. The summed E-state index contributed by atoms with van der Waals surface area (Å²) in [6, 6.07) is 3.68. The predicted molar refractivity (Wildman–Crippen MR) is 89.3 cm³/mol. The van der Waals surface area contributed by atoms with Crippen LogP contribution in [0.2, 0.25) is 0 Å². The number of carbonyl (C=O) groups is 1. The third-order valence-electron chi connectivity index (χ3n) is 3.48. The van der Waals surface area contributed by atoms with E-state index in [1.807, 2.05) is 19.1 Å². The number of amidine groups is 1. The molecule has 0 spiro atoms. The van der Waals surface area contributed by atoms with Crippen molar-refractivity contribution >= 4 is 29.2 Å². The van der Waals surface area contributed by atoms with Crippen molar-refractivity contribution in [3.63, 3.8) is 0 Å². The Kier molecular flexibility index (Phi) is 5.08. The molecule has 7 heteroatoms. The van der Waals surface area contributed by atoms with Crippen molar-refractivity contribution in [2.75, 3.05) is 24.3 Å². The molecule has 1 aliphatic carbocycles. The first-order chi connectivity index (χ1) is 10.5. The number of anilines is 2. The summed E-state index contributed by atoms with van der Waals surface area (Å²) in [5, 5.41) is 3.10. The summed E-state index contributed by atoms with van der Waals surface area (Å²) in [7, 11) is 3.37. The lowest BCUT2D eigenvalue weighted by atomic mass is 10.3. The standard InChI is InChI=1S/C15H22N6O/c1-4-12(20-15(16)17-2)19-13-8-7-11(9-18-13)21(3)14(22)10-5-6-10/h7-10H,4-6H2,1-3H3,(H3,16,17,18,19,20). The van der Waals surface area contributed by atoms with E-state index < -0.39 is 0 Å². The van der Waals surface area contributed by atoms with Gasteiger partial charge in [0.2, 0.25) is 11.9 Å². The van der Waals surface area contributed by atoms with Crippen LogP contribution in [0.25, 0.3) is 0 Å². The molecule has 1 fully saturated rings. The van der Waals surface area contributed by atoms with Crippen LogP contribution in [0.15, 0.2) is 28.3 Å². The van der Waals surface area contributed by atoms with Gasteiger partial charge < -0.3 is 16.0 Å². The lowest BCUT2D eigenvalue weighted by Crippen LogP contribution is -2.27. The van der Waals surface area contributed by atoms with Gasteiger partial charge in [-0.1, -0.05) is 6.92 Å².